The normalized spacial score (nSPS) is 11.0. The number of hydrogen-bond acceptors (Lipinski definition) is 7. The lowest BCUT2D eigenvalue weighted by molar-refractivity contribution is 0.564. The topological polar surface area (TPSA) is 98.1 Å². The van der Waals surface area contributed by atoms with Crippen molar-refractivity contribution in [3.05, 3.63) is 64.2 Å². The van der Waals surface area contributed by atoms with E-state index >= 15 is 0 Å². The smallest absolute Gasteiger partial charge is 0.346 e. The molecule has 4 aromatic rings. The molecular formula is C22H20ClN5O2. The molecule has 0 aliphatic carbocycles. The lowest BCUT2D eigenvalue weighted by Crippen LogP contribution is -2.24. The molecule has 2 N–H and O–H groups in total. The van der Waals surface area contributed by atoms with E-state index in [0.29, 0.717) is 45.1 Å². The zero-order valence-corrected chi connectivity index (χ0v) is 17.3. The van der Waals surface area contributed by atoms with E-state index in [0.717, 1.165) is 13.1 Å². The second-order valence-electron chi connectivity index (χ2n) is 6.62. The van der Waals surface area contributed by atoms with Crippen LogP contribution in [0.15, 0.2) is 57.7 Å². The number of nitrogens with zero attached hydrogens (tertiary/aromatic N) is 4. The molecule has 0 atom stereocenters. The first kappa shape index (κ1) is 19.8. The van der Waals surface area contributed by atoms with Crippen molar-refractivity contribution in [2.75, 3.05) is 23.7 Å². The van der Waals surface area contributed by atoms with Crippen LogP contribution in [0.2, 0.25) is 5.28 Å². The zero-order chi connectivity index (χ0) is 21.3. The Morgan fingerprint density at radius 2 is 1.73 bits per heavy atom. The van der Waals surface area contributed by atoms with Crippen LogP contribution in [0.1, 0.15) is 13.8 Å². The molecule has 152 valence electrons. The number of hydrogen-bond donors (Lipinski definition) is 1. The largest absolute Gasteiger partial charge is 0.422 e. The molecule has 0 aliphatic heterocycles. The third-order valence-electron chi connectivity index (χ3n) is 4.92. The van der Waals surface area contributed by atoms with Crippen molar-refractivity contribution in [1.82, 2.24) is 15.0 Å². The Morgan fingerprint density at radius 1 is 1.00 bits per heavy atom. The summed E-state index contributed by atoms with van der Waals surface area (Å²) in [5, 5.41) is 0.641. The molecule has 7 nitrogen and oxygen atoms in total. The van der Waals surface area contributed by atoms with Gasteiger partial charge in [-0.1, -0.05) is 42.5 Å². The summed E-state index contributed by atoms with van der Waals surface area (Å²) >= 11 is 6.21. The molecule has 0 fully saturated rings. The fourth-order valence-electron chi connectivity index (χ4n) is 3.45. The van der Waals surface area contributed by atoms with Crippen molar-refractivity contribution in [1.29, 1.82) is 0 Å². The lowest BCUT2D eigenvalue weighted by Gasteiger charge is -2.19. The lowest BCUT2D eigenvalue weighted by atomic mass is 10.00. The van der Waals surface area contributed by atoms with E-state index in [1.807, 2.05) is 55.1 Å². The maximum Gasteiger partial charge on any atom is 0.346 e. The van der Waals surface area contributed by atoms with E-state index in [1.54, 1.807) is 12.1 Å². The van der Waals surface area contributed by atoms with E-state index in [1.165, 1.54) is 0 Å². The highest BCUT2D eigenvalue weighted by molar-refractivity contribution is 6.28. The van der Waals surface area contributed by atoms with Crippen LogP contribution >= 0.6 is 11.6 Å². The molecular weight excluding hydrogens is 402 g/mol. The second-order valence-corrected chi connectivity index (χ2v) is 6.96. The molecule has 2 aromatic heterocycles. The van der Waals surface area contributed by atoms with Gasteiger partial charge in [-0.25, -0.2) is 4.79 Å². The molecule has 2 aromatic carbocycles. The van der Waals surface area contributed by atoms with E-state index in [4.69, 9.17) is 21.8 Å². The van der Waals surface area contributed by atoms with Gasteiger partial charge in [0.1, 0.15) is 5.58 Å². The predicted octanol–water partition coefficient (Wildman–Crippen LogP) is 4.39. The molecule has 0 spiro atoms. The highest BCUT2D eigenvalue weighted by Gasteiger charge is 2.20. The van der Waals surface area contributed by atoms with E-state index in [9.17, 15) is 4.79 Å². The van der Waals surface area contributed by atoms with Crippen LogP contribution in [0, 0.1) is 0 Å². The standard InChI is InChI=1S/C22H20ClN5O2/c1-3-28(4-2)22-26-19(25-21(23)27-22)14-11-8-12-15-17(14)18(24)16(20(29)30-15)13-9-6-5-7-10-13/h5-12H,3-4,24H2,1-2H3. The van der Waals surface area contributed by atoms with Gasteiger partial charge in [0.25, 0.3) is 0 Å². The van der Waals surface area contributed by atoms with Gasteiger partial charge in [0.2, 0.25) is 11.2 Å². The van der Waals surface area contributed by atoms with Gasteiger partial charge < -0.3 is 15.1 Å². The minimum atomic E-state index is -0.499. The third kappa shape index (κ3) is 3.48. The minimum absolute atomic E-state index is 0.0816. The van der Waals surface area contributed by atoms with Gasteiger partial charge in [0.15, 0.2) is 5.82 Å². The predicted molar refractivity (Wildman–Crippen MR) is 120 cm³/mol. The fraction of sp³-hybridized carbons (Fsp3) is 0.182. The van der Waals surface area contributed by atoms with E-state index in [-0.39, 0.29) is 5.28 Å². The first-order valence-electron chi connectivity index (χ1n) is 9.61. The Kier molecular flexibility index (Phi) is 5.37. The molecule has 0 bridgehead atoms. The van der Waals surface area contributed by atoms with Crippen LogP contribution in [-0.2, 0) is 0 Å². The SMILES string of the molecule is CCN(CC)c1nc(Cl)nc(-c2cccc3oc(=O)c(-c4ccccc4)c(N)c23)n1. The Morgan fingerprint density at radius 3 is 2.43 bits per heavy atom. The quantitative estimate of drug-likeness (QED) is 0.477. The van der Waals surface area contributed by atoms with Gasteiger partial charge in [0.05, 0.1) is 16.6 Å². The monoisotopic (exact) mass is 421 g/mol. The van der Waals surface area contributed by atoms with Gasteiger partial charge >= 0.3 is 5.63 Å². The summed E-state index contributed by atoms with van der Waals surface area (Å²) in [6, 6.07) is 14.5. The number of fused-ring (bicyclic) bond motifs is 1. The van der Waals surface area contributed by atoms with Crippen LogP contribution in [0.3, 0.4) is 0 Å². The van der Waals surface area contributed by atoms with Crippen LogP contribution in [0.25, 0.3) is 33.5 Å². The van der Waals surface area contributed by atoms with Crippen molar-refractivity contribution in [2.24, 2.45) is 0 Å². The van der Waals surface area contributed by atoms with Crippen molar-refractivity contribution in [3.63, 3.8) is 0 Å². The Hall–Kier alpha value is -3.45. The van der Waals surface area contributed by atoms with Crippen molar-refractivity contribution in [2.45, 2.75) is 13.8 Å². The molecule has 0 saturated heterocycles. The van der Waals surface area contributed by atoms with Crippen LogP contribution < -0.4 is 16.3 Å². The van der Waals surface area contributed by atoms with Gasteiger partial charge in [-0.15, -0.1) is 0 Å². The molecule has 30 heavy (non-hydrogen) atoms. The Labute approximate surface area is 178 Å². The van der Waals surface area contributed by atoms with Crippen molar-refractivity contribution >= 4 is 34.2 Å². The minimum Gasteiger partial charge on any atom is -0.422 e. The Balaban J connectivity index is 2.01. The molecule has 0 amide bonds. The summed E-state index contributed by atoms with van der Waals surface area (Å²) in [6.07, 6.45) is 0. The first-order chi connectivity index (χ1) is 14.5. The van der Waals surface area contributed by atoms with E-state index < -0.39 is 5.63 Å². The Bertz CT molecular complexity index is 1270. The molecule has 2 heterocycles. The number of nitrogen functional groups attached to an aromatic ring is 1. The second kappa shape index (κ2) is 8.12. The fourth-order valence-corrected chi connectivity index (χ4v) is 3.61. The van der Waals surface area contributed by atoms with Gasteiger partial charge in [-0.05, 0) is 37.1 Å². The summed E-state index contributed by atoms with van der Waals surface area (Å²) in [7, 11) is 0. The highest BCUT2D eigenvalue weighted by Crippen LogP contribution is 2.35. The van der Waals surface area contributed by atoms with Crippen LogP contribution in [0.4, 0.5) is 11.6 Å². The molecule has 0 saturated carbocycles. The summed E-state index contributed by atoms with van der Waals surface area (Å²) in [5.41, 5.74) is 8.27. The molecule has 0 radical (unpaired) electrons. The maximum atomic E-state index is 12.7. The van der Waals surface area contributed by atoms with Gasteiger partial charge in [-0.3, -0.25) is 0 Å². The summed E-state index contributed by atoms with van der Waals surface area (Å²) in [6.45, 7) is 5.47. The average Bonchev–Trinajstić information content (AvgIpc) is 2.74. The molecule has 4 rings (SSSR count). The van der Waals surface area contributed by atoms with Crippen molar-refractivity contribution < 1.29 is 4.42 Å². The van der Waals surface area contributed by atoms with Gasteiger partial charge in [0, 0.05) is 18.7 Å². The highest BCUT2D eigenvalue weighted by atomic mass is 35.5. The number of anilines is 2. The first-order valence-corrected chi connectivity index (χ1v) is 9.98. The van der Waals surface area contributed by atoms with Crippen molar-refractivity contribution in [3.8, 4) is 22.5 Å². The maximum absolute atomic E-state index is 12.7. The summed E-state index contributed by atoms with van der Waals surface area (Å²) in [5.74, 6) is 0.841. The number of halogens is 1. The molecule has 0 aliphatic rings. The third-order valence-corrected chi connectivity index (χ3v) is 5.09. The molecule has 0 unspecified atom stereocenters. The van der Waals surface area contributed by atoms with Crippen LogP contribution in [0.5, 0.6) is 0 Å². The number of benzene rings is 2. The number of rotatable bonds is 5. The van der Waals surface area contributed by atoms with E-state index in [2.05, 4.69) is 15.0 Å². The zero-order valence-electron chi connectivity index (χ0n) is 16.6. The van der Waals surface area contributed by atoms with Crippen LogP contribution in [-0.4, -0.2) is 28.0 Å². The summed E-state index contributed by atoms with van der Waals surface area (Å²) in [4.78, 5) is 27.8. The average molecular weight is 422 g/mol. The number of aromatic nitrogens is 3. The summed E-state index contributed by atoms with van der Waals surface area (Å²) < 4.78 is 5.59. The number of nitrogens with two attached hydrogens (primary N) is 1. The van der Waals surface area contributed by atoms with Gasteiger partial charge in [-0.2, -0.15) is 15.0 Å². The molecule has 8 heteroatoms.